The molecule has 0 saturated heterocycles. The first-order chi connectivity index (χ1) is 8.28. The molecule has 18 heavy (non-hydrogen) atoms. The third-order valence-corrected chi connectivity index (χ3v) is 2.09. The van der Waals surface area contributed by atoms with Crippen LogP contribution >= 0.6 is 0 Å². The van der Waals surface area contributed by atoms with Gasteiger partial charge in [0, 0.05) is 5.69 Å². The van der Waals surface area contributed by atoms with E-state index in [-0.39, 0.29) is 5.75 Å². The molecule has 3 N–H and O–H groups in total. The number of carbonyl (C=O) groups excluding carboxylic acids is 1. The molecule has 1 aromatic carbocycles. The molecular weight excluding hydrogens is 249 g/mol. The average Bonchev–Trinajstić information content (AvgIpc) is 2.21. The van der Waals surface area contributed by atoms with Gasteiger partial charge in [0.1, 0.15) is 5.75 Å². The van der Waals surface area contributed by atoms with Crippen LogP contribution < -0.4 is 10.6 Å². The van der Waals surface area contributed by atoms with Crippen molar-refractivity contribution in [3.8, 4) is 5.75 Å². The van der Waals surface area contributed by atoms with Gasteiger partial charge in [-0.3, -0.25) is 4.79 Å². The molecule has 0 aliphatic carbocycles. The Balaban J connectivity index is 2.42. The van der Waals surface area contributed by atoms with Gasteiger partial charge in [-0.2, -0.15) is 13.2 Å². The SMILES string of the molecule is Cc1cc(NC(=O)CNCC(F)(F)F)ccc1O. The van der Waals surface area contributed by atoms with Gasteiger partial charge < -0.3 is 15.7 Å². The molecule has 1 rings (SSSR count). The van der Waals surface area contributed by atoms with E-state index in [1.54, 1.807) is 6.92 Å². The molecule has 4 nitrogen and oxygen atoms in total. The lowest BCUT2D eigenvalue weighted by Gasteiger charge is -2.09. The first-order valence-electron chi connectivity index (χ1n) is 5.15. The number of halogens is 3. The molecule has 0 unspecified atom stereocenters. The van der Waals surface area contributed by atoms with Crippen molar-refractivity contribution >= 4 is 11.6 Å². The highest BCUT2D eigenvalue weighted by Crippen LogP contribution is 2.19. The van der Waals surface area contributed by atoms with Crippen LogP contribution in [-0.2, 0) is 4.79 Å². The lowest BCUT2D eigenvalue weighted by atomic mass is 10.2. The molecule has 7 heteroatoms. The van der Waals surface area contributed by atoms with Gasteiger partial charge in [-0.25, -0.2) is 0 Å². The summed E-state index contributed by atoms with van der Waals surface area (Å²) in [7, 11) is 0. The number of aryl methyl sites for hydroxylation is 1. The van der Waals surface area contributed by atoms with Crippen LogP contribution in [0.1, 0.15) is 5.56 Å². The lowest BCUT2D eigenvalue weighted by molar-refractivity contribution is -0.126. The highest BCUT2D eigenvalue weighted by atomic mass is 19.4. The molecule has 0 bridgehead atoms. The monoisotopic (exact) mass is 262 g/mol. The second kappa shape index (κ2) is 5.72. The van der Waals surface area contributed by atoms with Crippen LogP contribution in [0.15, 0.2) is 18.2 Å². The van der Waals surface area contributed by atoms with Crippen molar-refractivity contribution in [1.29, 1.82) is 0 Å². The van der Waals surface area contributed by atoms with Crippen LogP contribution in [0.5, 0.6) is 5.75 Å². The summed E-state index contributed by atoms with van der Waals surface area (Å²) in [5, 5.41) is 13.7. The molecule has 0 saturated carbocycles. The first kappa shape index (κ1) is 14.3. The molecule has 1 aromatic rings. The minimum absolute atomic E-state index is 0.0863. The summed E-state index contributed by atoms with van der Waals surface area (Å²) in [5.74, 6) is -0.493. The van der Waals surface area contributed by atoms with Crippen LogP contribution in [0.4, 0.5) is 18.9 Å². The highest BCUT2D eigenvalue weighted by Gasteiger charge is 2.26. The number of carbonyl (C=O) groups is 1. The highest BCUT2D eigenvalue weighted by molar-refractivity contribution is 5.92. The van der Waals surface area contributed by atoms with Gasteiger partial charge in [0.15, 0.2) is 0 Å². The Bertz CT molecular complexity index is 433. The lowest BCUT2D eigenvalue weighted by Crippen LogP contribution is -2.35. The van der Waals surface area contributed by atoms with E-state index < -0.39 is 25.2 Å². The van der Waals surface area contributed by atoms with Crippen LogP contribution in [0.25, 0.3) is 0 Å². The Morgan fingerprint density at radius 3 is 2.61 bits per heavy atom. The normalized spacial score (nSPS) is 11.3. The summed E-state index contributed by atoms with van der Waals surface area (Å²) in [4.78, 5) is 11.3. The van der Waals surface area contributed by atoms with E-state index in [2.05, 4.69) is 5.32 Å². The molecule has 0 spiro atoms. The summed E-state index contributed by atoms with van der Waals surface area (Å²) in [5.41, 5.74) is 0.986. The zero-order valence-electron chi connectivity index (χ0n) is 9.64. The standard InChI is InChI=1S/C11H13F3N2O2/c1-7-4-8(2-3-9(7)17)16-10(18)5-15-6-11(12,13)14/h2-4,15,17H,5-6H2,1H3,(H,16,18). The van der Waals surface area contributed by atoms with Crippen molar-refractivity contribution in [2.45, 2.75) is 13.1 Å². The number of anilines is 1. The van der Waals surface area contributed by atoms with E-state index in [9.17, 15) is 23.1 Å². The van der Waals surface area contributed by atoms with Crippen molar-refractivity contribution in [3.63, 3.8) is 0 Å². The Hall–Kier alpha value is -1.76. The minimum Gasteiger partial charge on any atom is -0.508 e. The van der Waals surface area contributed by atoms with Crippen LogP contribution in [-0.4, -0.2) is 30.3 Å². The maximum Gasteiger partial charge on any atom is 0.401 e. The smallest absolute Gasteiger partial charge is 0.401 e. The van der Waals surface area contributed by atoms with Gasteiger partial charge in [-0.05, 0) is 30.7 Å². The second-order valence-electron chi connectivity index (χ2n) is 3.77. The van der Waals surface area contributed by atoms with Crippen molar-refractivity contribution in [1.82, 2.24) is 5.32 Å². The van der Waals surface area contributed by atoms with Gasteiger partial charge in [0.05, 0.1) is 13.1 Å². The summed E-state index contributed by atoms with van der Waals surface area (Å²) in [6.07, 6.45) is -4.34. The number of hydrogen-bond acceptors (Lipinski definition) is 3. The Labute approximate surface area is 102 Å². The third-order valence-electron chi connectivity index (χ3n) is 2.09. The molecule has 0 aromatic heterocycles. The predicted octanol–water partition coefficient (Wildman–Crippen LogP) is 1.79. The number of hydrogen-bond donors (Lipinski definition) is 3. The number of aromatic hydroxyl groups is 1. The molecule has 0 aliphatic heterocycles. The van der Waals surface area contributed by atoms with E-state index >= 15 is 0 Å². The fraction of sp³-hybridized carbons (Fsp3) is 0.364. The Morgan fingerprint density at radius 2 is 2.06 bits per heavy atom. The number of phenols is 1. The zero-order valence-corrected chi connectivity index (χ0v) is 9.64. The molecular formula is C11H13F3N2O2. The van der Waals surface area contributed by atoms with E-state index in [4.69, 9.17) is 0 Å². The summed E-state index contributed by atoms with van der Waals surface area (Å²) in [6.45, 7) is 0.00134. The number of rotatable bonds is 4. The molecule has 0 aliphatic rings. The topological polar surface area (TPSA) is 61.4 Å². The van der Waals surface area contributed by atoms with E-state index in [1.807, 2.05) is 5.32 Å². The second-order valence-corrected chi connectivity index (χ2v) is 3.77. The fourth-order valence-corrected chi connectivity index (χ4v) is 1.26. The van der Waals surface area contributed by atoms with Crippen LogP contribution in [0.3, 0.4) is 0 Å². The van der Waals surface area contributed by atoms with E-state index in [0.29, 0.717) is 11.3 Å². The zero-order chi connectivity index (χ0) is 13.8. The predicted molar refractivity (Wildman–Crippen MR) is 60.4 cm³/mol. The van der Waals surface area contributed by atoms with E-state index in [0.717, 1.165) is 0 Å². The number of benzene rings is 1. The van der Waals surface area contributed by atoms with Crippen LogP contribution in [0, 0.1) is 6.92 Å². The van der Waals surface area contributed by atoms with Gasteiger partial charge in [-0.1, -0.05) is 0 Å². The largest absolute Gasteiger partial charge is 0.508 e. The van der Waals surface area contributed by atoms with Gasteiger partial charge >= 0.3 is 6.18 Å². The number of amides is 1. The van der Waals surface area contributed by atoms with E-state index in [1.165, 1.54) is 18.2 Å². The van der Waals surface area contributed by atoms with Crippen LogP contribution in [0.2, 0.25) is 0 Å². The van der Waals surface area contributed by atoms with Gasteiger partial charge in [0.2, 0.25) is 5.91 Å². The Kier molecular flexibility index (Phi) is 4.55. The van der Waals surface area contributed by atoms with Crippen molar-refractivity contribution < 1.29 is 23.1 Å². The maximum absolute atomic E-state index is 11.8. The minimum atomic E-state index is -4.34. The number of nitrogens with one attached hydrogen (secondary N) is 2. The molecule has 1 amide bonds. The Morgan fingerprint density at radius 1 is 1.39 bits per heavy atom. The first-order valence-corrected chi connectivity index (χ1v) is 5.15. The van der Waals surface area contributed by atoms with Crippen molar-refractivity contribution in [3.05, 3.63) is 23.8 Å². The van der Waals surface area contributed by atoms with Crippen molar-refractivity contribution in [2.75, 3.05) is 18.4 Å². The number of phenolic OH excluding ortho intramolecular Hbond substituents is 1. The molecule has 0 heterocycles. The summed E-state index contributed by atoms with van der Waals surface area (Å²) in [6, 6.07) is 4.38. The van der Waals surface area contributed by atoms with Gasteiger partial charge in [-0.15, -0.1) is 0 Å². The maximum atomic E-state index is 11.8. The van der Waals surface area contributed by atoms with Crippen molar-refractivity contribution in [2.24, 2.45) is 0 Å². The number of alkyl halides is 3. The molecule has 0 atom stereocenters. The van der Waals surface area contributed by atoms with Gasteiger partial charge in [0.25, 0.3) is 0 Å². The quantitative estimate of drug-likeness (QED) is 0.725. The summed E-state index contributed by atoms with van der Waals surface area (Å²) >= 11 is 0. The summed E-state index contributed by atoms with van der Waals surface area (Å²) < 4.78 is 35.4. The third kappa shape index (κ3) is 5.05. The molecule has 100 valence electrons. The average molecular weight is 262 g/mol. The molecule has 0 fully saturated rings. The fourth-order valence-electron chi connectivity index (χ4n) is 1.26. The molecule has 0 radical (unpaired) electrons.